The van der Waals surface area contributed by atoms with Crippen LogP contribution in [0.4, 0.5) is 4.79 Å². The Balaban J connectivity index is 1.57. The number of imide groups is 1. The van der Waals surface area contributed by atoms with Crippen LogP contribution in [0.15, 0.2) is 30.3 Å². The van der Waals surface area contributed by atoms with E-state index in [1.54, 1.807) is 30.3 Å². The lowest BCUT2D eigenvalue weighted by Gasteiger charge is -2.19. The van der Waals surface area contributed by atoms with Gasteiger partial charge in [-0.1, -0.05) is 12.8 Å². The maximum atomic E-state index is 13.0. The van der Waals surface area contributed by atoms with Crippen LogP contribution in [0.25, 0.3) is 5.69 Å². The van der Waals surface area contributed by atoms with Crippen LogP contribution in [0.2, 0.25) is 0 Å². The molecular weight excluding hydrogens is 398 g/mol. The number of ether oxygens (including phenoxy) is 1. The molecule has 162 valence electrons. The third kappa shape index (κ3) is 3.41. The van der Waals surface area contributed by atoms with Crippen molar-refractivity contribution in [3.63, 3.8) is 0 Å². The highest BCUT2D eigenvalue weighted by Gasteiger charge is 2.52. The first-order chi connectivity index (χ1) is 14.8. The van der Waals surface area contributed by atoms with Crippen molar-refractivity contribution in [3.05, 3.63) is 52.8 Å². The Labute approximate surface area is 180 Å². The number of carbonyl (C=O) groups excluding carboxylic acids is 4. The molecule has 31 heavy (non-hydrogen) atoms. The van der Waals surface area contributed by atoms with Crippen LogP contribution in [-0.2, 0) is 9.53 Å². The zero-order chi connectivity index (χ0) is 22.3. The molecule has 1 aliphatic heterocycles. The summed E-state index contributed by atoms with van der Waals surface area (Å²) in [7, 11) is 1.33. The molecule has 8 nitrogen and oxygen atoms in total. The molecule has 1 saturated heterocycles. The number of hydrogen-bond acceptors (Lipinski definition) is 5. The van der Waals surface area contributed by atoms with Gasteiger partial charge in [-0.2, -0.15) is 0 Å². The van der Waals surface area contributed by atoms with Crippen molar-refractivity contribution in [2.24, 2.45) is 0 Å². The van der Waals surface area contributed by atoms with E-state index in [9.17, 15) is 19.2 Å². The van der Waals surface area contributed by atoms with Crippen molar-refractivity contribution < 1.29 is 23.9 Å². The summed E-state index contributed by atoms with van der Waals surface area (Å²) in [6.45, 7) is 3.41. The first-order valence-corrected chi connectivity index (χ1v) is 10.3. The lowest BCUT2D eigenvalue weighted by atomic mass is 9.98. The second-order valence-corrected chi connectivity index (χ2v) is 8.19. The summed E-state index contributed by atoms with van der Waals surface area (Å²) in [5.41, 5.74) is 2.40. The number of nitrogens with zero attached hydrogens (tertiary/aromatic N) is 2. The molecule has 3 amide bonds. The first kappa shape index (κ1) is 20.8. The van der Waals surface area contributed by atoms with E-state index in [0.29, 0.717) is 29.7 Å². The summed E-state index contributed by atoms with van der Waals surface area (Å²) in [4.78, 5) is 51.0. The molecule has 2 fully saturated rings. The molecule has 1 aliphatic carbocycles. The van der Waals surface area contributed by atoms with E-state index in [-0.39, 0.29) is 18.2 Å². The number of esters is 1. The molecule has 1 aromatic heterocycles. The van der Waals surface area contributed by atoms with Crippen LogP contribution < -0.4 is 5.32 Å². The number of ketones is 1. The maximum Gasteiger partial charge on any atom is 0.337 e. The fraction of sp³-hybridized carbons (Fsp3) is 0.391. The summed E-state index contributed by atoms with van der Waals surface area (Å²) >= 11 is 0. The average molecular weight is 423 g/mol. The number of urea groups is 1. The molecule has 0 bridgehead atoms. The standard InChI is InChI=1S/C23H25N3O5/c1-14-12-18(15(2)26(14)17-8-6-16(7-9-17)20(28)31-3)19(27)13-25-21(29)23(24-22(25)30)10-4-5-11-23/h6-9,12H,4-5,10-11,13H2,1-3H3,(H,24,30). The van der Waals surface area contributed by atoms with Gasteiger partial charge in [0.25, 0.3) is 5.91 Å². The van der Waals surface area contributed by atoms with Crippen LogP contribution in [-0.4, -0.2) is 52.4 Å². The molecule has 2 aromatic rings. The van der Waals surface area contributed by atoms with E-state index >= 15 is 0 Å². The van der Waals surface area contributed by atoms with E-state index in [4.69, 9.17) is 4.74 Å². The van der Waals surface area contributed by atoms with Gasteiger partial charge in [-0.05, 0) is 57.0 Å². The van der Waals surface area contributed by atoms with Gasteiger partial charge in [-0.25, -0.2) is 9.59 Å². The van der Waals surface area contributed by atoms with Gasteiger partial charge in [0.1, 0.15) is 5.54 Å². The Bertz CT molecular complexity index is 1080. The smallest absolute Gasteiger partial charge is 0.337 e. The number of hydrogen-bond donors (Lipinski definition) is 1. The van der Waals surface area contributed by atoms with Crippen LogP contribution >= 0.6 is 0 Å². The Morgan fingerprint density at radius 2 is 1.74 bits per heavy atom. The van der Waals surface area contributed by atoms with Crippen molar-refractivity contribution in [1.29, 1.82) is 0 Å². The van der Waals surface area contributed by atoms with Crippen LogP contribution in [0.5, 0.6) is 0 Å². The summed E-state index contributed by atoms with van der Waals surface area (Å²) < 4.78 is 6.63. The van der Waals surface area contributed by atoms with Crippen LogP contribution in [0.1, 0.15) is 57.8 Å². The van der Waals surface area contributed by atoms with E-state index in [1.807, 2.05) is 18.4 Å². The molecule has 1 N–H and O–H groups in total. The van der Waals surface area contributed by atoms with Crippen LogP contribution in [0.3, 0.4) is 0 Å². The number of amides is 3. The number of rotatable bonds is 5. The zero-order valence-electron chi connectivity index (χ0n) is 17.9. The Morgan fingerprint density at radius 3 is 2.35 bits per heavy atom. The fourth-order valence-electron chi connectivity index (χ4n) is 4.67. The summed E-state index contributed by atoms with van der Waals surface area (Å²) in [5.74, 6) is -1.00. The minimum absolute atomic E-state index is 0.280. The van der Waals surface area contributed by atoms with Gasteiger partial charge in [-0.15, -0.1) is 0 Å². The quantitative estimate of drug-likeness (QED) is 0.453. The first-order valence-electron chi connectivity index (χ1n) is 10.3. The fourth-order valence-corrected chi connectivity index (χ4v) is 4.67. The number of methoxy groups -OCH3 is 1. The van der Waals surface area contributed by atoms with Gasteiger partial charge in [-0.3, -0.25) is 14.5 Å². The highest BCUT2D eigenvalue weighted by atomic mass is 16.5. The third-order valence-electron chi connectivity index (χ3n) is 6.28. The third-order valence-corrected chi connectivity index (χ3v) is 6.28. The topological polar surface area (TPSA) is 97.7 Å². The molecule has 8 heteroatoms. The van der Waals surface area contributed by atoms with Gasteiger partial charge in [0.05, 0.1) is 19.2 Å². The predicted octanol–water partition coefficient (Wildman–Crippen LogP) is 2.93. The second kappa shape index (κ2) is 7.68. The Hall–Kier alpha value is -3.42. The largest absolute Gasteiger partial charge is 0.465 e. The molecule has 4 rings (SSSR count). The molecule has 0 radical (unpaired) electrons. The number of aromatic nitrogens is 1. The lowest BCUT2D eigenvalue weighted by Crippen LogP contribution is -2.44. The van der Waals surface area contributed by atoms with E-state index < -0.39 is 17.5 Å². The predicted molar refractivity (Wildman–Crippen MR) is 112 cm³/mol. The van der Waals surface area contributed by atoms with Gasteiger partial charge in [0.2, 0.25) is 0 Å². The number of Topliss-reactive ketones (excluding diaryl/α,β-unsaturated/α-hetero) is 1. The molecular formula is C23H25N3O5. The van der Waals surface area contributed by atoms with Crippen molar-refractivity contribution in [1.82, 2.24) is 14.8 Å². The minimum atomic E-state index is -0.824. The SMILES string of the molecule is COC(=O)c1ccc(-n2c(C)cc(C(=O)CN3C(=O)NC4(CCCC4)C3=O)c2C)cc1. The maximum absolute atomic E-state index is 13.0. The van der Waals surface area contributed by atoms with Crippen molar-refractivity contribution in [2.75, 3.05) is 13.7 Å². The lowest BCUT2D eigenvalue weighted by molar-refractivity contribution is -0.130. The van der Waals surface area contributed by atoms with Crippen molar-refractivity contribution in [3.8, 4) is 5.69 Å². The highest BCUT2D eigenvalue weighted by Crippen LogP contribution is 2.35. The normalized spacial score (nSPS) is 17.3. The zero-order valence-corrected chi connectivity index (χ0v) is 17.9. The van der Waals surface area contributed by atoms with Gasteiger partial charge < -0.3 is 14.6 Å². The Kier molecular flexibility index (Phi) is 5.16. The van der Waals surface area contributed by atoms with Gasteiger partial charge in [0, 0.05) is 22.6 Å². The molecule has 0 atom stereocenters. The van der Waals surface area contributed by atoms with Crippen LogP contribution in [0, 0.1) is 13.8 Å². The molecule has 2 heterocycles. The summed E-state index contributed by atoms with van der Waals surface area (Å²) in [5, 5.41) is 2.80. The number of carbonyl (C=O) groups is 4. The summed E-state index contributed by atoms with van der Waals surface area (Å²) in [6, 6.07) is 8.15. The summed E-state index contributed by atoms with van der Waals surface area (Å²) in [6.07, 6.45) is 3.03. The number of nitrogens with one attached hydrogen (secondary N) is 1. The highest BCUT2D eigenvalue weighted by molar-refractivity contribution is 6.11. The van der Waals surface area contributed by atoms with E-state index in [0.717, 1.165) is 29.1 Å². The minimum Gasteiger partial charge on any atom is -0.465 e. The molecule has 0 unspecified atom stereocenters. The van der Waals surface area contributed by atoms with Crippen molar-refractivity contribution >= 4 is 23.7 Å². The van der Waals surface area contributed by atoms with E-state index in [2.05, 4.69) is 5.32 Å². The number of aryl methyl sites for hydroxylation is 1. The molecule has 1 saturated carbocycles. The monoisotopic (exact) mass is 423 g/mol. The van der Waals surface area contributed by atoms with E-state index in [1.165, 1.54) is 7.11 Å². The average Bonchev–Trinajstić information content (AvgIpc) is 3.41. The number of benzene rings is 1. The molecule has 1 aromatic carbocycles. The van der Waals surface area contributed by atoms with Crippen molar-refractivity contribution in [2.45, 2.75) is 45.1 Å². The Morgan fingerprint density at radius 1 is 1.10 bits per heavy atom. The van der Waals surface area contributed by atoms with Gasteiger partial charge in [0.15, 0.2) is 5.78 Å². The van der Waals surface area contributed by atoms with Gasteiger partial charge >= 0.3 is 12.0 Å². The molecule has 2 aliphatic rings. The second-order valence-electron chi connectivity index (χ2n) is 8.19. The molecule has 1 spiro atoms.